The van der Waals surface area contributed by atoms with Gasteiger partial charge >= 0.3 is 0 Å². The van der Waals surface area contributed by atoms with E-state index in [0.29, 0.717) is 6.54 Å². The van der Waals surface area contributed by atoms with Crippen molar-refractivity contribution in [3.8, 4) is 0 Å². The van der Waals surface area contributed by atoms with E-state index in [2.05, 4.69) is 20.9 Å². The summed E-state index contributed by atoms with van der Waals surface area (Å²) in [4.78, 5) is 20.1. The largest absolute Gasteiger partial charge is 0.349 e. The lowest BCUT2D eigenvalue weighted by Gasteiger charge is -2.33. The van der Waals surface area contributed by atoms with E-state index in [1.807, 2.05) is 61.5 Å². The summed E-state index contributed by atoms with van der Waals surface area (Å²) in [7, 11) is 0. The van der Waals surface area contributed by atoms with Crippen molar-refractivity contribution in [3.63, 3.8) is 0 Å². The molecule has 0 bridgehead atoms. The molecule has 1 aliphatic rings. The predicted octanol–water partition coefficient (Wildman–Crippen LogP) is 5.32. The first kappa shape index (κ1) is 22.1. The minimum absolute atomic E-state index is 0.0107. The van der Waals surface area contributed by atoms with E-state index in [4.69, 9.17) is 4.98 Å². The number of rotatable bonds is 6. The first-order valence-corrected chi connectivity index (χ1v) is 11.9. The molecule has 5 rings (SSSR count). The maximum atomic E-state index is 13.8. The average Bonchev–Trinajstić information content (AvgIpc) is 3.23. The van der Waals surface area contributed by atoms with Gasteiger partial charge in [-0.3, -0.25) is 4.79 Å². The summed E-state index contributed by atoms with van der Waals surface area (Å²) >= 11 is 0. The first-order valence-electron chi connectivity index (χ1n) is 11.9. The number of nitrogens with one attached hydrogen (secondary N) is 1. The summed E-state index contributed by atoms with van der Waals surface area (Å²) in [6, 6.07) is 24.8. The van der Waals surface area contributed by atoms with Gasteiger partial charge in [0, 0.05) is 19.0 Å². The van der Waals surface area contributed by atoms with Gasteiger partial charge in [0.25, 0.3) is 0 Å². The third-order valence-corrected chi connectivity index (χ3v) is 6.67. The number of carbonyl (C=O) groups excluding carboxylic acids is 1. The third-order valence-electron chi connectivity index (χ3n) is 6.67. The number of benzene rings is 3. The van der Waals surface area contributed by atoms with Gasteiger partial charge in [0.1, 0.15) is 5.82 Å². The van der Waals surface area contributed by atoms with E-state index >= 15 is 0 Å². The van der Waals surface area contributed by atoms with Gasteiger partial charge in [0.2, 0.25) is 11.9 Å². The number of anilines is 1. The normalized spacial score (nSPS) is 15.4. The quantitative estimate of drug-likeness (QED) is 0.427. The van der Waals surface area contributed by atoms with E-state index in [-0.39, 0.29) is 23.7 Å². The molecule has 1 amide bonds. The molecule has 1 aromatic heterocycles. The third kappa shape index (κ3) is 4.67. The molecule has 1 saturated heterocycles. The molecule has 174 valence electrons. The number of para-hydroxylation sites is 2. The van der Waals surface area contributed by atoms with Crippen molar-refractivity contribution in [1.82, 2.24) is 14.9 Å². The SMILES string of the molecule is C[C@H](NC(=O)C1CCN(c2nc3ccccc3n2Cc2cccc(F)c2)CC1)c1ccccc1. The van der Waals surface area contributed by atoms with Crippen LogP contribution in [0.4, 0.5) is 10.3 Å². The zero-order valence-corrected chi connectivity index (χ0v) is 19.3. The van der Waals surface area contributed by atoms with Crippen molar-refractivity contribution in [2.75, 3.05) is 18.0 Å². The van der Waals surface area contributed by atoms with Gasteiger partial charge in [0.05, 0.1) is 23.6 Å². The number of halogens is 1. The van der Waals surface area contributed by atoms with Crippen molar-refractivity contribution in [3.05, 3.63) is 95.8 Å². The van der Waals surface area contributed by atoms with Gasteiger partial charge < -0.3 is 14.8 Å². The Balaban J connectivity index is 1.30. The van der Waals surface area contributed by atoms with Crippen LogP contribution in [0.1, 0.15) is 36.9 Å². The minimum atomic E-state index is -0.236. The number of fused-ring (bicyclic) bond motifs is 1. The minimum Gasteiger partial charge on any atom is -0.349 e. The Morgan fingerprint density at radius 3 is 2.53 bits per heavy atom. The molecule has 1 atom stereocenters. The second-order valence-electron chi connectivity index (χ2n) is 9.02. The summed E-state index contributed by atoms with van der Waals surface area (Å²) in [6.45, 7) is 4.08. The van der Waals surface area contributed by atoms with Crippen molar-refractivity contribution >= 4 is 22.9 Å². The highest BCUT2D eigenvalue weighted by atomic mass is 19.1. The van der Waals surface area contributed by atoms with Crippen molar-refractivity contribution < 1.29 is 9.18 Å². The highest BCUT2D eigenvalue weighted by molar-refractivity contribution is 5.80. The van der Waals surface area contributed by atoms with Crippen LogP contribution in [-0.2, 0) is 11.3 Å². The molecule has 0 spiro atoms. The molecule has 0 unspecified atom stereocenters. The molecule has 4 aromatic rings. The Labute approximate surface area is 199 Å². The van der Waals surface area contributed by atoms with Gasteiger partial charge in [-0.15, -0.1) is 0 Å². The van der Waals surface area contributed by atoms with Crippen LogP contribution in [-0.4, -0.2) is 28.5 Å². The number of hydrogen-bond donors (Lipinski definition) is 1. The Morgan fingerprint density at radius 2 is 1.76 bits per heavy atom. The fourth-order valence-electron chi connectivity index (χ4n) is 4.78. The van der Waals surface area contributed by atoms with Crippen LogP contribution in [0, 0.1) is 11.7 Å². The van der Waals surface area contributed by atoms with E-state index in [9.17, 15) is 9.18 Å². The number of piperidine rings is 1. The van der Waals surface area contributed by atoms with Crippen LogP contribution in [0.3, 0.4) is 0 Å². The zero-order valence-electron chi connectivity index (χ0n) is 19.3. The van der Waals surface area contributed by atoms with Crippen molar-refractivity contribution in [2.24, 2.45) is 5.92 Å². The zero-order chi connectivity index (χ0) is 23.5. The lowest BCUT2D eigenvalue weighted by atomic mass is 9.95. The van der Waals surface area contributed by atoms with Crippen LogP contribution in [0.25, 0.3) is 11.0 Å². The van der Waals surface area contributed by atoms with Crippen LogP contribution in [0.15, 0.2) is 78.9 Å². The van der Waals surface area contributed by atoms with Crippen molar-refractivity contribution in [1.29, 1.82) is 0 Å². The fourth-order valence-corrected chi connectivity index (χ4v) is 4.78. The average molecular weight is 457 g/mol. The second kappa shape index (κ2) is 9.67. The number of aromatic nitrogens is 2. The Morgan fingerprint density at radius 1 is 1.03 bits per heavy atom. The molecular formula is C28H29FN4O. The van der Waals surface area contributed by atoms with Gasteiger partial charge in [0.15, 0.2) is 0 Å². The summed E-state index contributed by atoms with van der Waals surface area (Å²) in [6.07, 6.45) is 1.55. The van der Waals surface area contributed by atoms with Crippen LogP contribution in [0.5, 0.6) is 0 Å². The van der Waals surface area contributed by atoms with E-state index in [1.165, 1.54) is 6.07 Å². The van der Waals surface area contributed by atoms with Crippen molar-refractivity contribution in [2.45, 2.75) is 32.4 Å². The maximum absolute atomic E-state index is 13.8. The lowest BCUT2D eigenvalue weighted by Crippen LogP contribution is -2.42. The van der Waals surface area contributed by atoms with Gasteiger partial charge in [-0.1, -0.05) is 54.6 Å². The molecule has 1 aliphatic heterocycles. The number of nitrogens with zero attached hydrogens (tertiary/aromatic N) is 3. The fraction of sp³-hybridized carbons (Fsp3) is 0.286. The molecule has 0 radical (unpaired) electrons. The molecule has 2 heterocycles. The van der Waals surface area contributed by atoms with Gasteiger partial charge in [-0.25, -0.2) is 9.37 Å². The van der Waals surface area contributed by atoms with E-state index < -0.39 is 0 Å². The summed E-state index contributed by atoms with van der Waals surface area (Å²) in [5.74, 6) is 0.745. The molecule has 5 nitrogen and oxygen atoms in total. The molecule has 1 N–H and O–H groups in total. The van der Waals surface area contributed by atoms with Crippen LogP contribution < -0.4 is 10.2 Å². The summed E-state index contributed by atoms with van der Waals surface area (Å²) in [5, 5.41) is 3.18. The van der Waals surface area contributed by atoms with E-state index in [0.717, 1.165) is 54.0 Å². The Hall–Kier alpha value is -3.67. The number of hydrogen-bond acceptors (Lipinski definition) is 3. The predicted molar refractivity (Wildman–Crippen MR) is 133 cm³/mol. The standard InChI is InChI=1S/C28H29FN4O/c1-20(22-9-3-2-4-10-22)30-27(34)23-14-16-32(17-15-23)28-31-25-12-5-6-13-26(25)33(28)19-21-8-7-11-24(29)18-21/h2-13,18,20,23H,14-17,19H2,1H3,(H,30,34)/t20-/m0/s1. The smallest absolute Gasteiger partial charge is 0.223 e. The molecule has 0 aliphatic carbocycles. The highest BCUT2D eigenvalue weighted by Gasteiger charge is 2.28. The number of carbonyl (C=O) groups is 1. The molecule has 0 saturated carbocycles. The maximum Gasteiger partial charge on any atom is 0.223 e. The van der Waals surface area contributed by atoms with E-state index in [1.54, 1.807) is 12.1 Å². The first-order chi connectivity index (χ1) is 16.6. The lowest BCUT2D eigenvalue weighted by molar-refractivity contribution is -0.126. The summed E-state index contributed by atoms with van der Waals surface area (Å²) in [5.41, 5.74) is 3.96. The van der Waals surface area contributed by atoms with Crippen LogP contribution >= 0.6 is 0 Å². The molecule has 1 fully saturated rings. The topological polar surface area (TPSA) is 50.2 Å². The Kier molecular flexibility index (Phi) is 6.30. The molecule has 3 aromatic carbocycles. The van der Waals surface area contributed by atoms with Gasteiger partial charge in [-0.2, -0.15) is 0 Å². The number of amides is 1. The Bertz CT molecular complexity index is 1280. The molecule has 6 heteroatoms. The highest BCUT2D eigenvalue weighted by Crippen LogP contribution is 2.28. The molecular weight excluding hydrogens is 427 g/mol. The second-order valence-corrected chi connectivity index (χ2v) is 9.02. The number of imidazole rings is 1. The summed E-state index contributed by atoms with van der Waals surface area (Å²) < 4.78 is 16.0. The molecule has 34 heavy (non-hydrogen) atoms. The van der Waals surface area contributed by atoms with Crippen LogP contribution in [0.2, 0.25) is 0 Å². The monoisotopic (exact) mass is 456 g/mol. The van der Waals surface area contributed by atoms with Gasteiger partial charge in [-0.05, 0) is 55.2 Å².